The van der Waals surface area contributed by atoms with Crippen LogP contribution in [0.3, 0.4) is 0 Å². The van der Waals surface area contributed by atoms with Gasteiger partial charge in [0.2, 0.25) is 0 Å². The zero-order chi connectivity index (χ0) is 14.3. The number of ether oxygens (including phenoxy) is 1. The van der Waals surface area contributed by atoms with E-state index in [4.69, 9.17) is 15.6 Å². The number of nitrogens with two attached hydrogens (primary N) is 1. The summed E-state index contributed by atoms with van der Waals surface area (Å²) in [7, 11) is 1.70. The molecule has 3 N–H and O–H groups in total. The molecule has 0 saturated carbocycles. The highest BCUT2D eigenvalue weighted by Crippen LogP contribution is 2.11. The van der Waals surface area contributed by atoms with Crippen LogP contribution in [0, 0.1) is 0 Å². The second-order valence-electron chi connectivity index (χ2n) is 4.59. The molecule has 1 unspecified atom stereocenters. The van der Waals surface area contributed by atoms with Crippen LogP contribution >= 0.6 is 0 Å². The molecule has 1 atom stereocenters. The minimum Gasteiger partial charge on any atom is -0.484 e. The van der Waals surface area contributed by atoms with Crippen LogP contribution in [0.4, 0.5) is 0 Å². The van der Waals surface area contributed by atoms with Gasteiger partial charge in [-0.15, -0.1) is 0 Å². The molecule has 0 aliphatic rings. The molecule has 5 heteroatoms. The van der Waals surface area contributed by atoms with Crippen LogP contribution in [-0.2, 0) is 11.3 Å². The van der Waals surface area contributed by atoms with Gasteiger partial charge in [-0.2, -0.15) is 0 Å². The van der Waals surface area contributed by atoms with Crippen molar-refractivity contribution in [2.45, 2.75) is 26.0 Å². The van der Waals surface area contributed by atoms with Crippen molar-refractivity contribution in [3.63, 3.8) is 0 Å². The first-order valence-corrected chi connectivity index (χ1v) is 6.36. The highest BCUT2D eigenvalue weighted by molar-refractivity contribution is 5.77. The Balaban J connectivity index is 2.36. The Labute approximate surface area is 114 Å². The number of aliphatic hydroxyl groups excluding tert-OH is 1. The number of amides is 1. The van der Waals surface area contributed by atoms with Gasteiger partial charge in [0.05, 0.1) is 6.10 Å². The number of benzene rings is 1. The highest BCUT2D eigenvalue weighted by Gasteiger charge is 2.10. The van der Waals surface area contributed by atoms with Gasteiger partial charge in [-0.3, -0.25) is 4.79 Å². The quantitative estimate of drug-likeness (QED) is 0.763. The van der Waals surface area contributed by atoms with Gasteiger partial charge in [-0.25, -0.2) is 0 Å². The first-order valence-electron chi connectivity index (χ1n) is 6.36. The van der Waals surface area contributed by atoms with E-state index in [-0.39, 0.29) is 12.5 Å². The summed E-state index contributed by atoms with van der Waals surface area (Å²) in [5.74, 6) is 0.540. The number of aliphatic hydroxyl groups is 1. The molecule has 0 bridgehead atoms. The predicted octanol–water partition coefficient (Wildman–Crippen LogP) is 0.753. The van der Waals surface area contributed by atoms with Crippen LogP contribution in [0.5, 0.6) is 5.75 Å². The molecule has 1 aromatic rings. The smallest absolute Gasteiger partial charge is 0.260 e. The van der Waals surface area contributed by atoms with Gasteiger partial charge in [0.15, 0.2) is 6.61 Å². The van der Waals surface area contributed by atoms with Gasteiger partial charge in [-0.1, -0.05) is 12.1 Å². The second kappa shape index (κ2) is 7.76. The lowest BCUT2D eigenvalue weighted by Gasteiger charge is -2.18. The number of nitrogens with zero attached hydrogens (tertiary/aromatic N) is 1. The largest absolute Gasteiger partial charge is 0.484 e. The predicted molar refractivity (Wildman–Crippen MR) is 73.8 cm³/mol. The molecule has 5 nitrogen and oxygen atoms in total. The third kappa shape index (κ3) is 5.72. The van der Waals surface area contributed by atoms with Crippen molar-refractivity contribution < 1.29 is 14.6 Å². The van der Waals surface area contributed by atoms with Gasteiger partial charge in [0.25, 0.3) is 5.91 Å². The normalized spacial score (nSPS) is 12.0. The molecule has 0 aromatic heterocycles. The van der Waals surface area contributed by atoms with E-state index in [0.717, 1.165) is 5.56 Å². The lowest BCUT2D eigenvalue weighted by Crippen LogP contribution is -2.33. The summed E-state index contributed by atoms with van der Waals surface area (Å²) in [6, 6.07) is 7.34. The molecule has 0 aliphatic carbocycles. The summed E-state index contributed by atoms with van der Waals surface area (Å²) < 4.78 is 5.40. The monoisotopic (exact) mass is 266 g/mol. The number of carbonyl (C=O) groups excluding carboxylic acids is 1. The second-order valence-corrected chi connectivity index (χ2v) is 4.59. The van der Waals surface area contributed by atoms with E-state index in [0.29, 0.717) is 25.3 Å². The molecule has 0 heterocycles. The Kier molecular flexibility index (Phi) is 6.32. The zero-order valence-corrected chi connectivity index (χ0v) is 11.5. The zero-order valence-electron chi connectivity index (χ0n) is 11.5. The maximum atomic E-state index is 11.8. The Bertz CT molecular complexity index is 390. The summed E-state index contributed by atoms with van der Waals surface area (Å²) in [4.78, 5) is 13.3. The number of rotatable bonds is 7. The van der Waals surface area contributed by atoms with Crippen molar-refractivity contribution in [1.82, 2.24) is 4.90 Å². The van der Waals surface area contributed by atoms with E-state index in [1.807, 2.05) is 12.1 Å². The van der Waals surface area contributed by atoms with Gasteiger partial charge in [0, 0.05) is 20.1 Å². The average molecular weight is 266 g/mol. The molecule has 0 saturated heterocycles. The summed E-state index contributed by atoms with van der Waals surface area (Å²) in [6.45, 7) is 2.71. The van der Waals surface area contributed by atoms with Gasteiger partial charge in [0.1, 0.15) is 5.75 Å². The van der Waals surface area contributed by atoms with Gasteiger partial charge in [-0.05, 0) is 31.0 Å². The van der Waals surface area contributed by atoms with Crippen molar-refractivity contribution in [3.05, 3.63) is 29.8 Å². The fraction of sp³-hybridized carbons (Fsp3) is 0.500. The number of hydrogen-bond donors (Lipinski definition) is 2. The third-order valence-corrected chi connectivity index (χ3v) is 2.83. The minimum atomic E-state index is -0.403. The minimum absolute atomic E-state index is 0.00171. The lowest BCUT2D eigenvalue weighted by molar-refractivity contribution is -0.132. The molecule has 1 rings (SSSR count). The van der Waals surface area contributed by atoms with Crippen LogP contribution in [-0.4, -0.2) is 42.2 Å². The first-order chi connectivity index (χ1) is 9.02. The average Bonchev–Trinajstić information content (AvgIpc) is 2.42. The summed E-state index contributed by atoms with van der Waals surface area (Å²) in [6.07, 6.45) is 0.160. The van der Waals surface area contributed by atoms with Crippen molar-refractivity contribution in [3.8, 4) is 5.75 Å². The van der Waals surface area contributed by atoms with Crippen LogP contribution in [0.15, 0.2) is 24.3 Å². The fourth-order valence-corrected chi connectivity index (χ4v) is 1.48. The molecular formula is C14H22N2O3. The van der Waals surface area contributed by atoms with Crippen molar-refractivity contribution in [2.24, 2.45) is 5.73 Å². The maximum Gasteiger partial charge on any atom is 0.260 e. The SMILES string of the molecule is CC(O)CCN(C)C(=O)COc1ccc(CN)cc1. The summed E-state index contributed by atoms with van der Waals surface area (Å²) >= 11 is 0. The van der Waals surface area contributed by atoms with Crippen molar-refractivity contribution in [1.29, 1.82) is 0 Å². The molecule has 0 radical (unpaired) electrons. The Morgan fingerprint density at radius 3 is 2.58 bits per heavy atom. The Morgan fingerprint density at radius 1 is 1.42 bits per heavy atom. The Hall–Kier alpha value is -1.59. The standard InChI is InChI=1S/C14H22N2O3/c1-11(17)7-8-16(2)14(18)10-19-13-5-3-12(9-15)4-6-13/h3-6,11,17H,7-10,15H2,1-2H3. The van der Waals surface area contributed by atoms with E-state index < -0.39 is 6.10 Å². The molecule has 0 spiro atoms. The van der Waals surface area contributed by atoms with Crippen molar-refractivity contribution >= 4 is 5.91 Å². The van der Waals surface area contributed by atoms with Crippen LogP contribution in [0.25, 0.3) is 0 Å². The number of hydrogen-bond acceptors (Lipinski definition) is 4. The van der Waals surface area contributed by atoms with Gasteiger partial charge < -0.3 is 20.5 Å². The molecule has 19 heavy (non-hydrogen) atoms. The highest BCUT2D eigenvalue weighted by atomic mass is 16.5. The first kappa shape index (κ1) is 15.5. The number of likely N-dealkylation sites (N-methyl/N-ethyl adjacent to an activating group) is 1. The summed E-state index contributed by atoms with van der Waals surface area (Å²) in [5, 5.41) is 9.16. The van der Waals surface area contributed by atoms with E-state index in [9.17, 15) is 4.79 Å². The molecule has 1 aromatic carbocycles. The van der Waals surface area contributed by atoms with Crippen LogP contribution in [0.2, 0.25) is 0 Å². The van der Waals surface area contributed by atoms with Crippen LogP contribution in [0.1, 0.15) is 18.9 Å². The van der Waals surface area contributed by atoms with E-state index >= 15 is 0 Å². The fourth-order valence-electron chi connectivity index (χ4n) is 1.48. The van der Waals surface area contributed by atoms with Crippen LogP contribution < -0.4 is 10.5 Å². The van der Waals surface area contributed by atoms with Crippen molar-refractivity contribution in [2.75, 3.05) is 20.2 Å². The molecule has 0 aliphatic heterocycles. The number of carbonyl (C=O) groups is 1. The lowest BCUT2D eigenvalue weighted by atomic mass is 10.2. The van der Waals surface area contributed by atoms with E-state index in [1.165, 1.54) is 0 Å². The van der Waals surface area contributed by atoms with E-state index in [2.05, 4.69) is 0 Å². The molecular weight excluding hydrogens is 244 g/mol. The molecule has 106 valence electrons. The van der Waals surface area contributed by atoms with Gasteiger partial charge >= 0.3 is 0 Å². The summed E-state index contributed by atoms with van der Waals surface area (Å²) in [5.41, 5.74) is 6.52. The molecule has 0 fully saturated rings. The maximum absolute atomic E-state index is 11.8. The Morgan fingerprint density at radius 2 is 2.05 bits per heavy atom. The topological polar surface area (TPSA) is 75.8 Å². The third-order valence-electron chi connectivity index (χ3n) is 2.83. The van der Waals surface area contributed by atoms with E-state index in [1.54, 1.807) is 31.0 Å². The molecule has 1 amide bonds.